The van der Waals surface area contributed by atoms with E-state index in [1.807, 2.05) is 0 Å². The minimum atomic E-state index is -0.380. The van der Waals surface area contributed by atoms with Gasteiger partial charge < -0.3 is 48.1 Å². The van der Waals surface area contributed by atoms with Crippen molar-refractivity contribution in [2.24, 2.45) is 0 Å². The molecule has 89 heavy (non-hydrogen) atoms. The molecule has 0 spiro atoms. The van der Waals surface area contributed by atoms with Crippen LogP contribution in [0.3, 0.4) is 0 Å². The predicted molar refractivity (Wildman–Crippen MR) is 372 cm³/mol. The summed E-state index contributed by atoms with van der Waals surface area (Å²) in [5, 5.41) is 9.79. The van der Waals surface area contributed by atoms with Gasteiger partial charge in [-0.25, -0.2) is 0 Å². The van der Waals surface area contributed by atoms with Crippen LogP contribution in [0, 0.1) is 0 Å². The molecule has 0 aliphatic rings. The largest absolute Gasteiger partial charge is 0.466 e. The standard InChI is InChI=1S/C76H142N2O11/c1-6-11-16-21-26-38-45-65-83-72(80)53-41-30-27-31-42-60-78(61-52-64-79)63-62-77(58-43-32-28-39-46-66-84-73(81)54-56-75(86-68-48-34-22-17-12-7-2)87-69-49-35-23-18-13-8-3)59-44-33-29-40-47-67-85-74(82)55-57-76(88-70-50-36-24-19-14-9-4)89-71-51-37-25-20-15-10-5/h12-15,17-20,75-76,79H,6-11,16,21-71H2,1-5H3/b17-12-,18-13-,19-14-,20-15-. The third kappa shape index (κ3) is 66.4. The normalized spacial score (nSPS) is 12.2. The van der Waals surface area contributed by atoms with Gasteiger partial charge in [0.2, 0.25) is 0 Å². The number of carbonyl (C=O) groups excluding carboxylic acids is 3. The second-order valence-corrected chi connectivity index (χ2v) is 24.5. The van der Waals surface area contributed by atoms with E-state index < -0.39 is 0 Å². The second-order valence-electron chi connectivity index (χ2n) is 24.5. The number of allylic oxidation sites excluding steroid dienone is 8. The lowest BCUT2D eigenvalue weighted by atomic mass is 10.1. The van der Waals surface area contributed by atoms with Crippen LogP contribution in [0.5, 0.6) is 0 Å². The van der Waals surface area contributed by atoms with Crippen molar-refractivity contribution in [2.75, 3.05) is 92.1 Å². The van der Waals surface area contributed by atoms with E-state index in [1.54, 1.807) is 0 Å². The molecule has 0 saturated heterocycles. The Morgan fingerprint density at radius 1 is 0.303 bits per heavy atom. The van der Waals surface area contributed by atoms with Gasteiger partial charge in [0.25, 0.3) is 0 Å². The third-order valence-corrected chi connectivity index (χ3v) is 16.0. The van der Waals surface area contributed by atoms with Crippen LogP contribution >= 0.6 is 0 Å². The van der Waals surface area contributed by atoms with Crippen LogP contribution in [-0.4, -0.2) is 138 Å². The number of unbranched alkanes of at least 4 members (excludes halogenated alkanes) is 26. The lowest BCUT2D eigenvalue weighted by molar-refractivity contribution is -0.159. The molecule has 522 valence electrons. The number of rotatable bonds is 72. The predicted octanol–water partition coefficient (Wildman–Crippen LogP) is 19.4. The zero-order valence-corrected chi connectivity index (χ0v) is 58.7. The lowest BCUT2D eigenvalue weighted by Gasteiger charge is -2.28. The molecule has 0 heterocycles. The van der Waals surface area contributed by atoms with E-state index in [4.69, 9.17) is 33.2 Å². The van der Waals surface area contributed by atoms with E-state index >= 15 is 0 Å². The van der Waals surface area contributed by atoms with Gasteiger partial charge in [-0.1, -0.05) is 180 Å². The Hall–Kier alpha value is -2.91. The number of hydrogen-bond acceptors (Lipinski definition) is 13. The first-order valence-electron chi connectivity index (χ1n) is 37.4. The van der Waals surface area contributed by atoms with Crippen LogP contribution in [0.15, 0.2) is 48.6 Å². The monoisotopic (exact) mass is 1260 g/mol. The van der Waals surface area contributed by atoms with Gasteiger partial charge >= 0.3 is 17.9 Å². The third-order valence-electron chi connectivity index (χ3n) is 16.0. The van der Waals surface area contributed by atoms with Crippen molar-refractivity contribution in [2.45, 2.75) is 330 Å². The summed E-state index contributed by atoms with van der Waals surface area (Å²) in [4.78, 5) is 43.1. The Morgan fingerprint density at radius 3 is 0.910 bits per heavy atom. The maximum absolute atomic E-state index is 12.8. The summed E-state index contributed by atoms with van der Waals surface area (Å²) in [6, 6.07) is 0. The Kier molecular flexibility index (Phi) is 70.1. The van der Waals surface area contributed by atoms with E-state index in [-0.39, 0.29) is 37.1 Å². The van der Waals surface area contributed by atoms with Gasteiger partial charge in [-0.05, 0) is 174 Å². The van der Waals surface area contributed by atoms with Crippen molar-refractivity contribution < 1.29 is 52.6 Å². The molecule has 13 heteroatoms. The van der Waals surface area contributed by atoms with E-state index in [0.29, 0.717) is 78.4 Å². The quantitative estimate of drug-likeness (QED) is 0.0203. The van der Waals surface area contributed by atoms with Crippen molar-refractivity contribution in [1.82, 2.24) is 9.80 Å². The van der Waals surface area contributed by atoms with Gasteiger partial charge in [0.1, 0.15) is 0 Å². The fourth-order valence-electron chi connectivity index (χ4n) is 10.5. The molecule has 0 bridgehead atoms. The summed E-state index contributed by atoms with van der Waals surface area (Å²) in [5.41, 5.74) is 0. The average molecular weight is 1260 g/mol. The van der Waals surface area contributed by atoms with Crippen LogP contribution < -0.4 is 0 Å². The fraction of sp³-hybridized carbons (Fsp3) is 0.855. The van der Waals surface area contributed by atoms with Crippen molar-refractivity contribution in [3.05, 3.63) is 48.6 Å². The van der Waals surface area contributed by atoms with Crippen LogP contribution in [0.25, 0.3) is 0 Å². The highest BCUT2D eigenvalue weighted by atomic mass is 16.7. The highest BCUT2D eigenvalue weighted by Gasteiger charge is 2.16. The highest BCUT2D eigenvalue weighted by molar-refractivity contribution is 5.70. The number of ether oxygens (including phenoxy) is 7. The van der Waals surface area contributed by atoms with Crippen molar-refractivity contribution in [3.8, 4) is 0 Å². The molecule has 0 fully saturated rings. The Balaban J connectivity index is 5.10. The zero-order chi connectivity index (χ0) is 64.7. The number of aliphatic hydroxyl groups is 1. The fourth-order valence-corrected chi connectivity index (χ4v) is 10.5. The maximum atomic E-state index is 12.8. The molecular formula is C76H142N2O11. The molecule has 0 unspecified atom stereocenters. The summed E-state index contributed by atoms with van der Waals surface area (Å²) in [5.74, 6) is -0.392. The smallest absolute Gasteiger partial charge is 0.305 e. The van der Waals surface area contributed by atoms with Gasteiger partial charge in [-0.15, -0.1) is 0 Å². The van der Waals surface area contributed by atoms with Gasteiger partial charge in [0.05, 0.1) is 32.7 Å². The van der Waals surface area contributed by atoms with Crippen molar-refractivity contribution in [3.63, 3.8) is 0 Å². The number of carbonyl (C=O) groups is 3. The molecule has 0 rings (SSSR count). The van der Waals surface area contributed by atoms with Crippen molar-refractivity contribution >= 4 is 17.9 Å². The second kappa shape index (κ2) is 72.5. The first-order chi connectivity index (χ1) is 43.8. The van der Waals surface area contributed by atoms with E-state index in [2.05, 4.69) is 93.0 Å². The first-order valence-corrected chi connectivity index (χ1v) is 37.4. The number of hydrogen-bond donors (Lipinski definition) is 1. The molecule has 0 amide bonds. The molecule has 0 aliphatic carbocycles. The SMILES string of the molecule is CC/C=C\CCCCOC(CCC(=O)OCCCCCCCN(CCCCCCCOC(=O)CCC(OCCCC/C=C\CC)OCCCC/C=C\CC)CCN(CCCO)CCCCCCCC(=O)OCCCCCCCCC)OCCCC/C=C\CC. The Bertz CT molecular complexity index is 1480. The van der Waals surface area contributed by atoms with Crippen LogP contribution in [0.2, 0.25) is 0 Å². The molecule has 13 nitrogen and oxygen atoms in total. The highest BCUT2D eigenvalue weighted by Crippen LogP contribution is 2.16. The zero-order valence-electron chi connectivity index (χ0n) is 58.7. The minimum Gasteiger partial charge on any atom is -0.466 e. The molecule has 0 aromatic heterocycles. The number of esters is 3. The Labute approximate surface area is 548 Å². The summed E-state index contributed by atoms with van der Waals surface area (Å²) < 4.78 is 41.4. The molecule has 0 saturated carbocycles. The summed E-state index contributed by atoms with van der Waals surface area (Å²) >= 11 is 0. The molecule has 1 N–H and O–H groups in total. The molecule has 0 aromatic rings. The summed E-state index contributed by atoms with van der Waals surface area (Å²) in [6.45, 7) is 21.1. The maximum Gasteiger partial charge on any atom is 0.305 e. The molecular weight excluding hydrogens is 1120 g/mol. The minimum absolute atomic E-state index is 0.0455. The van der Waals surface area contributed by atoms with Gasteiger partial charge in [-0.2, -0.15) is 0 Å². The lowest BCUT2D eigenvalue weighted by Crippen LogP contribution is -2.37. The molecule has 0 radical (unpaired) electrons. The topological polar surface area (TPSA) is 143 Å². The van der Waals surface area contributed by atoms with Crippen LogP contribution in [-0.2, 0) is 47.5 Å². The van der Waals surface area contributed by atoms with Gasteiger partial charge in [0.15, 0.2) is 12.6 Å². The summed E-state index contributed by atoms with van der Waals surface area (Å²) in [7, 11) is 0. The molecule has 0 aliphatic heterocycles. The average Bonchev–Trinajstić information content (AvgIpc) is 3.55. The number of aliphatic hydroxyl groups excluding tert-OH is 1. The summed E-state index contributed by atoms with van der Waals surface area (Å²) in [6.07, 6.45) is 61.2. The van der Waals surface area contributed by atoms with E-state index in [1.165, 1.54) is 32.1 Å². The molecule has 0 aromatic carbocycles. The van der Waals surface area contributed by atoms with Gasteiger partial charge in [-0.3, -0.25) is 14.4 Å². The number of nitrogens with zero attached hydrogens (tertiary/aromatic N) is 2. The van der Waals surface area contributed by atoms with E-state index in [0.717, 1.165) is 258 Å². The van der Waals surface area contributed by atoms with Gasteiger partial charge in [0, 0.05) is 71.9 Å². The van der Waals surface area contributed by atoms with E-state index in [9.17, 15) is 19.5 Å². The van der Waals surface area contributed by atoms with Crippen LogP contribution in [0.1, 0.15) is 317 Å². The Morgan fingerprint density at radius 2 is 0.584 bits per heavy atom. The van der Waals surface area contributed by atoms with Crippen molar-refractivity contribution in [1.29, 1.82) is 0 Å². The molecule has 0 atom stereocenters. The van der Waals surface area contributed by atoms with Crippen LogP contribution in [0.4, 0.5) is 0 Å². The first kappa shape index (κ1) is 86.1.